The first-order valence-corrected chi connectivity index (χ1v) is 7.77. The van der Waals surface area contributed by atoms with Gasteiger partial charge in [-0.05, 0) is 37.7 Å². The van der Waals surface area contributed by atoms with Gasteiger partial charge in [-0.3, -0.25) is 0 Å². The van der Waals surface area contributed by atoms with Crippen LogP contribution in [0.1, 0.15) is 57.3 Å². The van der Waals surface area contributed by atoms with Gasteiger partial charge in [0.1, 0.15) is 6.04 Å². The monoisotopic (exact) mass is 291 g/mol. The summed E-state index contributed by atoms with van der Waals surface area (Å²) in [5.41, 5.74) is 1.87. The van der Waals surface area contributed by atoms with E-state index < -0.39 is 12.0 Å². The highest BCUT2D eigenvalue weighted by atomic mass is 16.4. The first-order valence-electron chi connectivity index (χ1n) is 7.77. The van der Waals surface area contributed by atoms with Crippen molar-refractivity contribution in [2.75, 3.05) is 11.4 Å². The van der Waals surface area contributed by atoms with E-state index in [1.165, 1.54) is 0 Å². The molecule has 116 valence electrons. The SMILES string of the molecule is CCC1CCN(c2nc(C)cc(C(C)C)n2)C(C(=O)O)C1. The minimum absolute atomic E-state index is 0.307. The number of aryl methyl sites for hydroxylation is 1. The van der Waals surface area contributed by atoms with Gasteiger partial charge in [-0.15, -0.1) is 0 Å². The Kier molecular flexibility index (Phi) is 4.80. The molecule has 0 bridgehead atoms. The van der Waals surface area contributed by atoms with Crippen molar-refractivity contribution < 1.29 is 9.90 Å². The zero-order chi connectivity index (χ0) is 15.6. The van der Waals surface area contributed by atoms with Crippen LogP contribution in [0.4, 0.5) is 5.95 Å². The molecule has 5 heteroatoms. The Labute approximate surface area is 126 Å². The molecule has 2 unspecified atom stereocenters. The molecule has 1 aromatic heterocycles. The van der Waals surface area contributed by atoms with E-state index in [0.29, 0.717) is 24.2 Å². The van der Waals surface area contributed by atoms with Crippen LogP contribution in [0.25, 0.3) is 0 Å². The third-order valence-corrected chi connectivity index (χ3v) is 4.28. The molecule has 0 aromatic carbocycles. The van der Waals surface area contributed by atoms with Crippen LogP contribution < -0.4 is 4.90 Å². The number of hydrogen-bond acceptors (Lipinski definition) is 4. The number of aliphatic carboxylic acids is 1. The number of carbonyl (C=O) groups is 1. The summed E-state index contributed by atoms with van der Waals surface area (Å²) in [4.78, 5) is 22.5. The summed E-state index contributed by atoms with van der Waals surface area (Å²) in [6, 6.07) is 1.47. The fourth-order valence-electron chi connectivity index (χ4n) is 2.88. The Bertz CT molecular complexity index is 516. The molecule has 0 spiro atoms. The molecule has 1 aliphatic heterocycles. The minimum Gasteiger partial charge on any atom is -0.480 e. The van der Waals surface area contributed by atoms with E-state index in [-0.39, 0.29) is 0 Å². The van der Waals surface area contributed by atoms with Crippen LogP contribution in [-0.4, -0.2) is 33.6 Å². The molecule has 0 amide bonds. The summed E-state index contributed by atoms with van der Waals surface area (Å²) in [5, 5.41) is 9.53. The lowest BCUT2D eigenvalue weighted by atomic mass is 9.89. The molecule has 0 aliphatic carbocycles. The van der Waals surface area contributed by atoms with E-state index in [1.54, 1.807) is 0 Å². The average molecular weight is 291 g/mol. The maximum atomic E-state index is 11.6. The molecular weight excluding hydrogens is 266 g/mol. The van der Waals surface area contributed by atoms with Gasteiger partial charge in [-0.2, -0.15) is 0 Å². The molecule has 1 N–H and O–H groups in total. The topological polar surface area (TPSA) is 66.3 Å². The van der Waals surface area contributed by atoms with Crippen LogP contribution in [0.3, 0.4) is 0 Å². The van der Waals surface area contributed by atoms with E-state index in [1.807, 2.05) is 17.9 Å². The second-order valence-corrected chi connectivity index (χ2v) is 6.23. The van der Waals surface area contributed by atoms with Crippen LogP contribution in [0.5, 0.6) is 0 Å². The Hall–Kier alpha value is -1.65. The Morgan fingerprint density at radius 2 is 2.19 bits per heavy atom. The molecule has 1 aromatic rings. The molecule has 1 fully saturated rings. The second-order valence-electron chi connectivity index (χ2n) is 6.23. The van der Waals surface area contributed by atoms with Crippen molar-refractivity contribution in [2.24, 2.45) is 5.92 Å². The van der Waals surface area contributed by atoms with E-state index in [0.717, 1.165) is 30.8 Å². The van der Waals surface area contributed by atoms with Gasteiger partial charge in [0.25, 0.3) is 0 Å². The highest BCUT2D eigenvalue weighted by Crippen LogP contribution is 2.29. The number of carboxylic acid groups (broad SMARTS) is 1. The lowest BCUT2D eigenvalue weighted by molar-refractivity contribution is -0.139. The first kappa shape index (κ1) is 15.7. The van der Waals surface area contributed by atoms with E-state index >= 15 is 0 Å². The number of anilines is 1. The number of carboxylic acids is 1. The minimum atomic E-state index is -0.774. The summed E-state index contributed by atoms with van der Waals surface area (Å²) >= 11 is 0. The van der Waals surface area contributed by atoms with Gasteiger partial charge in [-0.25, -0.2) is 14.8 Å². The fourth-order valence-corrected chi connectivity index (χ4v) is 2.88. The number of nitrogens with zero attached hydrogens (tertiary/aromatic N) is 3. The van der Waals surface area contributed by atoms with Crippen molar-refractivity contribution in [2.45, 2.75) is 58.9 Å². The van der Waals surface area contributed by atoms with Crippen LogP contribution >= 0.6 is 0 Å². The predicted octanol–water partition coefficient (Wildman–Crippen LogP) is 2.99. The number of rotatable bonds is 4. The zero-order valence-electron chi connectivity index (χ0n) is 13.3. The largest absolute Gasteiger partial charge is 0.480 e. The van der Waals surface area contributed by atoms with Crippen molar-refractivity contribution in [3.63, 3.8) is 0 Å². The van der Waals surface area contributed by atoms with E-state index in [9.17, 15) is 9.90 Å². The second kappa shape index (κ2) is 6.41. The smallest absolute Gasteiger partial charge is 0.326 e. The molecule has 2 heterocycles. The quantitative estimate of drug-likeness (QED) is 0.923. The fraction of sp³-hybridized carbons (Fsp3) is 0.688. The average Bonchev–Trinajstić information content (AvgIpc) is 2.45. The maximum absolute atomic E-state index is 11.6. The third kappa shape index (κ3) is 3.52. The molecule has 1 aliphatic rings. The van der Waals surface area contributed by atoms with Gasteiger partial charge in [-0.1, -0.05) is 27.2 Å². The maximum Gasteiger partial charge on any atom is 0.326 e. The van der Waals surface area contributed by atoms with Gasteiger partial charge < -0.3 is 10.0 Å². The Morgan fingerprint density at radius 1 is 1.48 bits per heavy atom. The van der Waals surface area contributed by atoms with Gasteiger partial charge in [0.15, 0.2) is 0 Å². The van der Waals surface area contributed by atoms with Crippen molar-refractivity contribution in [1.29, 1.82) is 0 Å². The van der Waals surface area contributed by atoms with Crippen LogP contribution in [-0.2, 0) is 4.79 Å². The van der Waals surface area contributed by atoms with Gasteiger partial charge in [0.2, 0.25) is 5.95 Å². The molecular formula is C16H25N3O2. The summed E-state index contributed by atoms with van der Waals surface area (Å²) in [5.74, 6) is 0.587. The molecule has 5 nitrogen and oxygen atoms in total. The first-order chi connectivity index (χ1) is 9.92. The standard InChI is InChI=1S/C16H25N3O2/c1-5-12-6-7-19(14(9-12)15(20)21)16-17-11(4)8-13(18-16)10(2)3/h8,10,12,14H,5-7,9H2,1-4H3,(H,20,21). The van der Waals surface area contributed by atoms with Crippen LogP contribution in [0.2, 0.25) is 0 Å². The molecule has 2 atom stereocenters. The zero-order valence-corrected chi connectivity index (χ0v) is 13.3. The molecule has 0 saturated carbocycles. The Morgan fingerprint density at radius 3 is 2.76 bits per heavy atom. The van der Waals surface area contributed by atoms with Gasteiger partial charge in [0.05, 0.1) is 0 Å². The predicted molar refractivity (Wildman–Crippen MR) is 82.6 cm³/mol. The lowest BCUT2D eigenvalue weighted by Crippen LogP contribution is -2.48. The van der Waals surface area contributed by atoms with Crippen molar-refractivity contribution in [3.05, 3.63) is 17.5 Å². The van der Waals surface area contributed by atoms with Gasteiger partial charge >= 0.3 is 5.97 Å². The van der Waals surface area contributed by atoms with Gasteiger partial charge in [0, 0.05) is 17.9 Å². The summed E-state index contributed by atoms with van der Waals surface area (Å²) in [7, 11) is 0. The molecule has 0 radical (unpaired) electrons. The number of aromatic nitrogens is 2. The van der Waals surface area contributed by atoms with Crippen molar-refractivity contribution in [3.8, 4) is 0 Å². The highest BCUT2D eigenvalue weighted by Gasteiger charge is 2.34. The third-order valence-electron chi connectivity index (χ3n) is 4.28. The summed E-state index contributed by atoms with van der Waals surface area (Å²) in [6.45, 7) is 8.95. The normalized spacial score (nSPS) is 22.6. The lowest BCUT2D eigenvalue weighted by Gasteiger charge is -2.37. The molecule has 1 saturated heterocycles. The van der Waals surface area contributed by atoms with E-state index in [2.05, 4.69) is 30.7 Å². The highest BCUT2D eigenvalue weighted by molar-refractivity contribution is 5.77. The molecule has 2 rings (SSSR count). The molecule has 21 heavy (non-hydrogen) atoms. The van der Waals surface area contributed by atoms with Crippen molar-refractivity contribution in [1.82, 2.24) is 9.97 Å². The number of piperidine rings is 1. The Balaban J connectivity index is 2.33. The summed E-state index contributed by atoms with van der Waals surface area (Å²) in [6.07, 6.45) is 2.72. The van der Waals surface area contributed by atoms with Crippen LogP contribution in [0.15, 0.2) is 6.07 Å². The number of hydrogen-bond donors (Lipinski definition) is 1. The summed E-state index contributed by atoms with van der Waals surface area (Å²) < 4.78 is 0. The van der Waals surface area contributed by atoms with E-state index in [4.69, 9.17) is 0 Å². The van der Waals surface area contributed by atoms with Crippen molar-refractivity contribution >= 4 is 11.9 Å². The van der Waals surface area contributed by atoms with Crippen LogP contribution in [0, 0.1) is 12.8 Å².